The molecule has 3 aromatic rings. The molecule has 5 heterocycles. The largest absolute Gasteiger partial charge is 0.479 e. The van der Waals surface area contributed by atoms with E-state index in [1.165, 1.54) is 5.56 Å². The van der Waals surface area contributed by atoms with Crippen LogP contribution < -0.4 is 10.1 Å². The Morgan fingerprint density at radius 1 is 1.21 bits per heavy atom. The lowest BCUT2D eigenvalue weighted by molar-refractivity contribution is -0.0585. The van der Waals surface area contributed by atoms with Crippen molar-refractivity contribution in [1.29, 1.82) is 0 Å². The number of ether oxygens (including phenoxy) is 2. The first kappa shape index (κ1) is 20.6. The maximum absolute atomic E-state index is 14.7. The molecule has 2 saturated heterocycles. The Hall–Kier alpha value is -3.04. The third-order valence-corrected chi connectivity index (χ3v) is 6.80. The molecule has 2 aromatic heterocycles. The Kier molecular flexibility index (Phi) is 5.03. The lowest BCUT2D eigenvalue weighted by atomic mass is 9.94. The standard InChI is InChI=1S/C24H27FN6O2/c1-14-7-16-8-15(3-4-20(16)26-9-14)18-5-6-31-22(18)23(32-2)28-24(29-31)27-21-11-30(10-19(21)25)17-12-33-13-17/h3-6,8-9,14,17,19,21H,7,10-13H2,1-2H3,(H,27,29)/t14?,19-,21+/m0/s1. The maximum atomic E-state index is 14.7. The Labute approximate surface area is 191 Å². The van der Waals surface area contributed by atoms with Crippen molar-refractivity contribution in [3.63, 3.8) is 0 Å². The van der Waals surface area contributed by atoms with Crippen LogP contribution in [-0.4, -0.2) is 77.4 Å². The minimum Gasteiger partial charge on any atom is -0.479 e. The molecule has 0 spiro atoms. The minimum absolute atomic E-state index is 0.310. The van der Waals surface area contributed by atoms with Gasteiger partial charge in [0.05, 0.1) is 38.1 Å². The van der Waals surface area contributed by atoms with Crippen molar-refractivity contribution in [2.24, 2.45) is 10.9 Å². The molecule has 0 radical (unpaired) electrons. The Balaban J connectivity index is 1.30. The summed E-state index contributed by atoms with van der Waals surface area (Å²) in [5, 5.41) is 7.80. The van der Waals surface area contributed by atoms with Gasteiger partial charge in [-0.3, -0.25) is 9.89 Å². The third kappa shape index (κ3) is 3.65. The number of halogens is 1. The SMILES string of the molecule is COc1nc(N[C@@H]2CN(C3COC3)C[C@@H]2F)nn2ccc(-c3ccc4c(c3)CC(C)C=N4)c12. The van der Waals surface area contributed by atoms with Crippen molar-refractivity contribution in [3.8, 4) is 17.0 Å². The molecule has 172 valence electrons. The number of hydrogen-bond donors (Lipinski definition) is 1. The van der Waals surface area contributed by atoms with Gasteiger partial charge in [0, 0.05) is 31.1 Å². The van der Waals surface area contributed by atoms with E-state index in [4.69, 9.17) is 9.47 Å². The molecular formula is C24H27FN6O2. The summed E-state index contributed by atoms with van der Waals surface area (Å²) in [6.45, 7) is 4.53. The number of alkyl halides is 1. The number of nitrogens with one attached hydrogen (secondary N) is 1. The van der Waals surface area contributed by atoms with Gasteiger partial charge in [-0.1, -0.05) is 13.0 Å². The van der Waals surface area contributed by atoms with Crippen molar-refractivity contribution >= 4 is 23.4 Å². The molecule has 0 saturated carbocycles. The number of rotatable bonds is 5. The van der Waals surface area contributed by atoms with Gasteiger partial charge in [0.1, 0.15) is 11.7 Å². The number of aliphatic imine (C=N–C) groups is 1. The van der Waals surface area contributed by atoms with Gasteiger partial charge in [-0.2, -0.15) is 4.98 Å². The van der Waals surface area contributed by atoms with Crippen LogP contribution in [0.5, 0.6) is 5.88 Å². The zero-order chi connectivity index (χ0) is 22.5. The summed E-state index contributed by atoms with van der Waals surface area (Å²) in [4.78, 5) is 11.3. The highest BCUT2D eigenvalue weighted by molar-refractivity contribution is 5.86. The minimum atomic E-state index is -0.989. The number of methoxy groups -OCH3 is 1. The molecule has 8 nitrogen and oxygen atoms in total. The molecule has 9 heteroatoms. The van der Waals surface area contributed by atoms with E-state index in [0.717, 1.165) is 28.8 Å². The lowest BCUT2D eigenvalue weighted by Gasteiger charge is -2.34. The van der Waals surface area contributed by atoms with Gasteiger partial charge in [0.2, 0.25) is 11.8 Å². The summed E-state index contributed by atoms with van der Waals surface area (Å²) in [7, 11) is 1.60. The van der Waals surface area contributed by atoms with E-state index < -0.39 is 6.17 Å². The number of anilines is 1. The molecule has 0 aliphatic carbocycles. The second kappa shape index (κ2) is 8.07. The van der Waals surface area contributed by atoms with Gasteiger partial charge in [-0.15, -0.1) is 5.10 Å². The van der Waals surface area contributed by atoms with Crippen LogP contribution in [0.3, 0.4) is 0 Å². The number of aromatic nitrogens is 3. The highest BCUT2D eigenvalue weighted by atomic mass is 19.1. The van der Waals surface area contributed by atoms with Gasteiger partial charge < -0.3 is 14.8 Å². The second-order valence-electron chi connectivity index (χ2n) is 9.18. The fourth-order valence-electron chi connectivity index (χ4n) is 4.91. The van der Waals surface area contributed by atoms with Crippen LogP contribution in [0.2, 0.25) is 0 Å². The molecule has 2 fully saturated rings. The van der Waals surface area contributed by atoms with Crippen LogP contribution in [-0.2, 0) is 11.2 Å². The van der Waals surface area contributed by atoms with Crippen LogP contribution in [0.25, 0.3) is 16.6 Å². The monoisotopic (exact) mass is 450 g/mol. The molecule has 0 amide bonds. The van der Waals surface area contributed by atoms with Crippen molar-refractivity contribution in [3.05, 3.63) is 36.0 Å². The molecule has 1 unspecified atom stereocenters. The molecule has 3 atom stereocenters. The van der Waals surface area contributed by atoms with Crippen LogP contribution in [0, 0.1) is 5.92 Å². The number of nitrogens with zero attached hydrogens (tertiary/aromatic N) is 5. The van der Waals surface area contributed by atoms with E-state index in [2.05, 4.69) is 50.4 Å². The first-order valence-corrected chi connectivity index (χ1v) is 11.4. The van der Waals surface area contributed by atoms with Crippen molar-refractivity contribution in [2.75, 3.05) is 38.7 Å². The molecule has 6 rings (SSSR count). The van der Waals surface area contributed by atoms with Crippen LogP contribution in [0.1, 0.15) is 12.5 Å². The average molecular weight is 451 g/mol. The Bertz CT molecular complexity index is 1220. The summed E-state index contributed by atoms with van der Waals surface area (Å²) in [6.07, 6.45) is 3.87. The normalized spacial score (nSPS) is 25.2. The molecule has 1 aromatic carbocycles. The highest BCUT2D eigenvalue weighted by Crippen LogP contribution is 2.36. The predicted octanol–water partition coefficient (Wildman–Crippen LogP) is 3.13. The van der Waals surface area contributed by atoms with Crippen LogP contribution in [0.4, 0.5) is 16.0 Å². The number of benzene rings is 1. The fourth-order valence-corrected chi connectivity index (χ4v) is 4.91. The van der Waals surface area contributed by atoms with E-state index in [1.807, 2.05) is 18.5 Å². The summed E-state index contributed by atoms with van der Waals surface area (Å²) in [5.74, 6) is 1.23. The van der Waals surface area contributed by atoms with Crippen LogP contribution >= 0.6 is 0 Å². The quantitative estimate of drug-likeness (QED) is 0.644. The Morgan fingerprint density at radius 2 is 2.09 bits per heavy atom. The van der Waals surface area contributed by atoms with E-state index in [9.17, 15) is 4.39 Å². The number of hydrogen-bond acceptors (Lipinski definition) is 7. The molecule has 3 aliphatic rings. The van der Waals surface area contributed by atoms with Crippen molar-refractivity contribution < 1.29 is 13.9 Å². The maximum Gasteiger partial charge on any atom is 0.244 e. The molecule has 3 aliphatic heterocycles. The smallest absolute Gasteiger partial charge is 0.244 e. The zero-order valence-corrected chi connectivity index (χ0v) is 18.7. The molecule has 1 N–H and O–H groups in total. The van der Waals surface area contributed by atoms with Gasteiger partial charge in [0.15, 0.2) is 0 Å². The second-order valence-corrected chi connectivity index (χ2v) is 9.18. The van der Waals surface area contributed by atoms with Crippen LogP contribution in [0.15, 0.2) is 35.5 Å². The van der Waals surface area contributed by atoms with E-state index in [1.54, 1.807) is 11.6 Å². The number of fused-ring (bicyclic) bond motifs is 2. The molecule has 0 bridgehead atoms. The summed E-state index contributed by atoms with van der Waals surface area (Å²) in [5.41, 5.74) is 5.10. The third-order valence-electron chi connectivity index (χ3n) is 6.80. The lowest BCUT2D eigenvalue weighted by Crippen LogP contribution is -2.48. The molecule has 33 heavy (non-hydrogen) atoms. The first-order chi connectivity index (χ1) is 16.1. The topological polar surface area (TPSA) is 76.3 Å². The van der Waals surface area contributed by atoms with E-state index in [-0.39, 0.29) is 6.04 Å². The molecular weight excluding hydrogens is 423 g/mol. The summed E-state index contributed by atoms with van der Waals surface area (Å²) >= 11 is 0. The van der Waals surface area contributed by atoms with E-state index in [0.29, 0.717) is 50.1 Å². The van der Waals surface area contributed by atoms with Crippen molar-refractivity contribution in [1.82, 2.24) is 19.5 Å². The van der Waals surface area contributed by atoms with Gasteiger partial charge in [-0.05, 0) is 41.7 Å². The summed E-state index contributed by atoms with van der Waals surface area (Å²) in [6, 6.07) is 8.27. The van der Waals surface area contributed by atoms with E-state index >= 15 is 0 Å². The van der Waals surface area contributed by atoms with Crippen molar-refractivity contribution in [2.45, 2.75) is 31.6 Å². The average Bonchev–Trinajstić information content (AvgIpc) is 3.35. The number of likely N-dealkylation sites (tertiary alicyclic amines) is 1. The van der Waals surface area contributed by atoms with Gasteiger partial charge in [0.25, 0.3) is 0 Å². The fraction of sp³-hybridized carbons (Fsp3) is 0.458. The highest BCUT2D eigenvalue weighted by Gasteiger charge is 2.39. The first-order valence-electron chi connectivity index (χ1n) is 11.4. The summed E-state index contributed by atoms with van der Waals surface area (Å²) < 4.78 is 27.3. The van der Waals surface area contributed by atoms with Gasteiger partial charge in [-0.25, -0.2) is 8.91 Å². The zero-order valence-electron chi connectivity index (χ0n) is 18.7. The van der Waals surface area contributed by atoms with Gasteiger partial charge >= 0.3 is 0 Å². The Morgan fingerprint density at radius 3 is 2.88 bits per heavy atom. The predicted molar refractivity (Wildman–Crippen MR) is 124 cm³/mol.